The van der Waals surface area contributed by atoms with Crippen molar-refractivity contribution in [1.82, 2.24) is 15.5 Å². The molecule has 0 radical (unpaired) electrons. The van der Waals surface area contributed by atoms with Gasteiger partial charge in [0, 0.05) is 6.21 Å². The molecule has 1 atom stereocenters. The van der Waals surface area contributed by atoms with Gasteiger partial charge in [0.25, 0.3) is 11.8 Å². The van der Waals surface area contributed by atoms with E-state index in [-0.39, 0.29) is 30.1 Å². The number of rotatable bonds is 4. The van der Waals surface area contributed by atoms with Crippen molar-refractivity contribution >= 4 is 41.0 Å². The van der Waals surface area contributed by atoms with Gasteiger partial charge in [0.2, 0.25) is 5.89 Å². The molecule has 7 nitrogen and oxygen atoms in total. The van der Waals surface area contributed by atoms with E-state index in [0.717, 1.165) is 0 Å². The Morgan fingerprint density at radius 2 is 2.32 bits per heavy atom. The van der Waals surface area contributed by atoms with Crippen LogP contribution in [0.4, 0.5) is 0 Å². The Hall–Kier alpha value is -2.32. The van der Waals surface area contributed by atoms with Crippen molar-refractivity contribution in [1.29, 1.82) is 0 Å². The van der Waals surface area contributed by atoms with Gasteiger partial charge in [-0.1, -0.05) is 22.8 Å². The monoisotopic (exact) mass is 336 g/mol. The van der Waals surface area contributed by atoms with E-state index in [9.17, 15) is 9.59 Å². The first-order valence-corrected chi connectivity index (χ1v) is 7.43. The molecular weight excluding hydrogens is 328 g/mol. The average Bonchev–Trinajstić information content (AvgIpc) is 3.14. The summed E-state index contributed by atoms with van der Waals surface area (Å²) in [5.41, 5.74) is 0. The first-order valence-electron chi connectivity index (χ1n) is 6.24. The van der Waals surface area contributed by atoms with Gasteiger partial charge in [0.1, 0.15) is 5.92 Å². The van der Waals surface area contributed by atoms with Crippen molar-refractivity contribution in [3.8, 4) is 0 Å². The molecule has 2 aromatic rings. The minimum Gasteiger partial charge on any atom is -0.342 e. The number of hydrogen-bond donors (Lipinski definition) is 1. The molecule has 2 aromatic heterocycles. The van der Waals surface area contributed by atoms with Gasteiger partial charge in [-0.05, 0) is 18.2 Å². The number of halogens is 1. The van der Waals surface area contributed by atoms with E-state index >= 15 is 0 Å². The summed E-state index contributed by atoms with van der Waals surface area (Å²) in [4.78, 5) is 31.7. The van der Waals surface area contributed by atoms with Crippen LogP contribution < -0.4 is 5.32 Å². The normalized spacial score (nSPS) is 17.0. The molecule has 0 saturated carbocycles. The van der Waals surface area contributed by atoms with Gasteiger partial charge in [0.05, 0.1) is 15.8 Å². The average molecular weight is 337 g/mol. The zero-order chi connectivity index (χ0) is 15.5. The van der Waals surface area contributed by atoms with E-state index in [1.165, 1.54) is 17.6 Å². The fourth-order valence-electron chi connectivity index (χ4n) is 1.78. The van der Waals surface area contributed by atoms with E-state index in [2.05, 4.69) is 20.4 Å². The Balaban J connectivity index is 1.62. The molecule has 3 heterocycles. The smallest absolute Gasteiger partial charge is 0.261 e. The van der Waals surface area contributed by atoms with Crippen molar-refractivity contribution in [3.05, 3.63) is 45.2 Å². The van der Waals surface area contributed by atoms with Crippen LogP contribution in [-0.4, -0.2) is 28.2 Å². The number of dihydropyridines is 1. The molecule has 2 amide bonds. The molecule has 0 aliphatic carbocycles. The van der Waals surface area contributed by atoms with Crippen molar-refractivity contribution in [2.75, 3.05) is 0 Å². The topological polar surface area (TPSA) is 97.5 Å². The molecule has 0 fully saturated rings. The Morgan fingerprint density at radius 3 is 3.05 bits per heavy atom. The summed E-state index contributed by atoms with van der Waals surface area (Å²) in [5, 5.41) is 6.38. The maximum Gasteiger partial charge on any atom is 0.261 e. The van der Waals surface area contributed by atoms with Crippen LogP contribution in [0.25, 0.3) is 0 Å². The van der Waals surface area contributed by atoms with Gasteiger partial charge in [-0.2, -0.15) is 4.98 Å². The van der Waals surface area contributed by atoms with Gasteiger partial charge in [-0.15, -0.1) is 11.3 Å². The third-order valence-corrected chi connectivity index (χ3v) is 4.05. The lowest BCUT2D eigenvalue weighted by Gasteiger charge is -2.04. The number of aromatic nitrogens is 2. The summed E-state index contributed by atoms with van der Waals surface area (Å²) in [5.74, 6) is -0.848. The van der Waals surface area contributed by atoms with Gasteiger partial charge in [-0.25, -0.2) is 4.99 Å². The second kappa shape index (κ2) is 6.20. The predicted molar refractivity (Wildman–Crippen MR) is 80.2 cm³/mol. The molecule has 112 valence electrons. The van der Waals surface area contributed by atoms with Gasteiger partial charge >= 0.3 is 0 Å². The standard InChI is InChI=1S/C13H9ClN4O3S/c14-9-4-3-8(22-9)13(20)16-6-10-17-11(18-21-10)7-2-1-5-15-12(7)19/h1-5,7H,6H2,(H,16,20). The number of nitrogens with one attached hydrogen (secondary N) is 1. The zero-order valence-corrected chi connectivity index (χ0v) is 12.6. The quantitative estimate of drug-likeness (QED) is 0.920. The maximum atomic E-state index is 11.9. The number of nitrogens with zero attached hydrogens (tertiary/aromatic N) is 3. The minimum atomic E-state index is -0.644. The lowest BCUT2D eigenvalue weighted by Crippen LogP contribution is -2.22. The van der Waals surface area contributed by atoms with Crippen LogP contribution in [0.5, 0.6) is 0 Å². The molecule has 0 aromatic carbocycles. The van der Waals surface area contributed by atoms with Crippen LogP contribution in [0.15, 0.2) is 33.8 Å². The lowest BCUT2D eigenvalue weighted by molar-refractivity contribution is -0.118. The van der Waals surface area contributed by atoms with Gasteiger partial charge in [-0.3, -0.25) is 9.59 Å². The largest absolute Gasteiger partial charge is 0.342 e. The van der Waals surface area contributed by atoms with Crippen LogP contribution >= 0.6 is 22.9 Å². The molecular formula is C13H9ClN4O3S. The highest BCUT2D eigenvalue weighted by Crippen LogP contribution is 2.21. The van der Waals surface area contributed by atoms with Gasteiger partial charge in [0.15, 0.2) is 5.82 Å². The lowest BCUT2D eigenvalue weighted by atomic mass is 10.1. The molecule has 3 rings (SSSR count). The summed E-state index contributed by atoms with van der Waals surface area (Å²) in [6, 6.07) is 3.28. The fraction of sp³-hybridized carbons (Fsp3) is 0.154. The van der Waals surface area contributed by atoms with E-state index in [0.29, 0.717) is 9.21 Å². The fourth-order valence-corrected chi connectivity index (χ4v) is 2.74. The summed E-state index contributed by atoms with van der Waals surface area (Å²) in [6.07, 6.45) is 4.69. The summed E-state index contributed by atoms with van der Waals surface area (Å²) in [6.45, 7) is 0.0647. The molecule has 1 N–H and O–H groups in total. The Bertz CT molecular complexity index is 780. The number of carbonyl (C=O) groups excluding carboxylic acids is 2. The number of amides is 2. The van der Waals surface area contributed by atoms with Crippen LogP contribution in [0, 0.1) is 0 Å². The molecule has 0 spiro atoms. The van der Waals surface area contributed by atoms with Crippen molar-refractivity contribution in [2.45, 2.75) is 12.5 Å². The number of aliphatic imine (C=N–C) groups is 1. The highest BCUT2D eigenvalue weighted by molar-refractivity contribution is 7.17. The third-order valence-electron chi connectivity index (χ3n) is 2.82. The second-order valence-corrected chi connectivity index (χ2v) is 6.03. The SMILES string of the molecule is O=C(NCc1nc(C2C=CC=NC2=O)no1)c1ccc(Cl)s1. The molecule has 1 aliphatic heterocycles. The number of carbonyl (C=O) groups is 2. The van der Waals surface area contributed by atoms with Gasteiger partial charge < -0.3 is 9.84 Å². The highest BCUT2D eigenvalue weighted by atomic mass is 35.5. The molecule has 22 heavy (non-hydrogen) atoms. The van der Waals surface area contributed by atoms with E-state index in [4.69, 9.17) is 16.1 Å². The first kappa shape index (κ1) is 14.6. The van der Waals surface area contributed by atoms with E-state index in [1.807, 2.05) is 0 Å². The zero-order valence-electron chi connectivity index (χ0n) is 11.0. The van der Waals surface area contributed by atoms with Crippen LogP contribution in [0.3, 0.4) is 0 Å². The molecule has 1 aliphatic rings. The summed E-state index contributed by atoms with van der Waals surface area (Å²) >= 11 is 6.95. The molecule has 0 bridgehead atoms. The summed E-state index contributed by atoms with van der Waals surface area (Å²) < 4.78 is 5.56. The molecule has 1 unspecified atom stereocenters. The number of allylic oxidation sites excluding steroid dienone is 1. The molecule has 0 saturated heterocycles. The minimum absolute atomic E-state index is 0.0647. The Kier molecular flexibility index (Phi) is 4.12. The van der Waals surface area contributed by atoms with Crippen molar-refractivity contribution < 1.29 is 14.1 Å². The number of hydrogen-bond acceptors (Lipinski definition) is 6. The van der Waals surface area contributed by atoms with E-state index in [1.54, 1.807) is 24.3 Å². The van der Waals surface area contributed by atoms with Crippen LogP contribution in [-0.2, 0) is 11.3 Å². The van der Waals surface area contributed by atoms with Crippen LogP contribution in [0.2, 0.25) is 4.34 Å². The van der Waals surface area contributed by atoms with Crippen LogP contribution in [0.1, 0.15) is 27.3 Å². The Labute approximate surface area is 133 Å². The summed E-state index contributed by atoms with van der Waals surface area (Å²) in [7, 11) is 0. The third kappa shape index (κ3) is 3.12. The first-order chi connectivity index (χ1) is 10.6. The molecule has 9 heteroatoms. The number of thiophene rings is 1. The predicted octanol–water partition coefficient (Wildman–Crippen LogP) is 1.97. The maximum absolute atomic E-state index is 11.9. The second-order valence-electron chi connectivity index (χ2n) is 4.31. The van der Waals surface area contributed by atoms with Crippen molar-refractivity contribution in [2.24, 2.45) is 4.99 Å². The van der Waals surface area contributed by atoms with E-state index < -0.39 is 5.92 Å². The van der Waals surface area contributed by atoms with Crippen molar-refractivity contribution in [3.63, 3.8) is 0 Å². The Morgan fingerprint density at radius 1 is 1.45 bits per heavy atom. The highest BCUT2D eigenvalue weighted by Gasteiger charge is 2.24.